The van der Waals surface area contributed by atoms with Gasteiger partial charge < -0.3 is 15.7 Å². The van der Waals surface area contributed by atoms with E-state index in [0.29, 0.717) is 6.61 Å². The zero-order chi connectivity index (χ0) is 15.2. The summed E-state index contributed by atoms with van der Waals surface area (Å²) >= 11 is 0. The Balaban J connectivity index is 2.32. The van der Waals surface area contributed by atoms with E-state index in [2.05, 4.69) is 31.1 Å². The molecule has 0 aromatic heterocycles. The van der Waals surface area contributed by atoms with Crippen molar-refractivity contribution in [3.8, 4) is 5.75 Å². The SMILES string of the molecule is Cc1ccc(OCCCCC(C)(C)/C(N)=N/O)c(C)c1. The summed E-state index contributed by atoms with van der Waals surface area (Å²) in [6.45, 7) is 8.78. The lowest BCUT2D eigenvalue weighted by Gasteiger charge is -2.22. The molecule has 0 heterocycles. The van der Waals surface area contributed by atoms with Gasteiger partial charge in [0, 0.05) is 5.41 Å². The van der Waals surface area contributed by atoms with Crippen LogP contribution in [-0.2, 0) is 0 Å². The molecule has 0 saturated heterocycles. The minimum Gasteiger partial charge on any atom is -0.493 e. The molecule has 0 fully saturated rings. The van der Waals surface area contributed by atoms with E-state index < -0.39 is 0 Å². The molecule has 0 atom stereocenters. The van der Waals surface area contributed by atoms with E-state index in [4.69, 9.17) is 15.7 Å². The number of unbranched alkanes of at least 4 members (excludes halogenated alkanes) is 1. The van der Waals surface area contributed by atoms with Crippen molar-refractivity contribution in [3.63, 3.8) is 0 Å². The van der Waals surface area contributed by atoms with Crippen molar-refractivity contribution in [2.75, 3.05) is 6.61 Å². The fourth-order valence-electron chi connectivity index (χ4n) is 2.08. The first-order valence-electron chi connectivity index (χ1n) is 7.05. The van der Waals surface area contributed by atoms with Crippen LogP contribution in [0, 0.1) is 19.3 Å². The molecule has 0 saturated carbocycles. The lowest BCUT2D eigenvalue weighted by molar-refractivity contribution is 0.287. The number of hydrogen-bond donors (Lipinski definition) is 2. The Morgan fingerprint density at radius 3 is 2.60 bits per heavy atom. The smallest absolute Gasteiger partial charge is 0.144 e. The van der Waals surface area contributed by atoms with Crippen LogP contribution in [0.3, 0.4) is 0 Å². The van der Waals surface area contributed by atoms with Gasteiger partial charge in [-0.3, -0.25) is 0 Å². The molecule has 3 N–H and O–H groups in total. The molecule has 20 heavy (non-hydrogen) atoms. The highest BCUT2D eigenvalue weighted by molar-refractivity contribution is 5.85. The van der Waals surface area contributed by atoms with Crippen LogP contribution in [0.4, 0.5) is 0 Å². The number of amidine groups is 1. The maximum atomic E-state index is 8.71. The van der Waals surface area contributed by atoms with Gasteiger partial charge in [-0.2, -0.15) is 0 Å². The molecule has 0 radical (unpaired) electrons. The largest absolute Gasteiger partial charge is 0.493 e. The topological polar surface area (TPSA) is 67.8 Å². The van der Waals surface area contributed by atoms with Crippen LogP contribution in [0.2, 0.25) is 0 Å². The minimum atomic E-state index is -0.269. The molecular weight excluding hydrogens is 252 g/mol. The van der Waals surface area contributed by atoms with E-state index in [-0.39, 0.29) is 11.3 Å². The first-order valence-corrected chi connectivity index (χ1v) is 7.05. The van der Waals surface area contributed by atoms with Crippen LogP contribution in [0.25, 0.3) is 0 Å². The quantitative estimate of drug-likeness (QED) is 0.263. The number of nitrogens with zero attached hydrogens (tertiary/aromatic N) is 1. The van der Waals surface area contributed by atoms with E-state index in [0.717, 1.165) is 25.0 Å². The molecular formula is C16H26N2O2. The molecule has 1 rings (SSSR count). The Kier molecular flexibility index (Phi) is 5.86. The number of benzene rings is 1. The van der Waals surface area contributed by atoms with E-state index >= 15 is 0 Å². The van der Waals surface area contributed by atoms with Gasteiger partial charge in [-0.1, -0.05) is 36.7 Å². The molecule has 0 aliphatic carbocycles. The maximum absolute atomic E-state index is 8.71. The fraction of sp³-hybridized carbons (Fsp3) is 0.562. The van der Waals surface area contributed by atoms with Crippen molar-refractivity contribution >= 4 is 5.84 Å². The lowest BCUT2D eigenvalue weighted by Crippen LogP contribution is -2.31. The highest BCUT2D eigenvalue weighted by Gasteiger charge is 2.22. The summed E-state index contributed by atoms with van der Waals surface area (Å²) in [6.07, 6.45) is 2.81. The predicted molar refractivity (Wildman–Crippen MR) is 82.5 cm³/mol. The summed E-state index contributed by atoms with van der Waals surface area (Å²) in [4.78, 5) is 0. The molecule has 4 heteroatoms. The van der Waals surface area contributed by atoms with Gasteiger partial charge in [0.25, 0.3) is 0 Å². The lowest BCUT2D eigenvalue weighted by atomic mass is 9.86. The molecule has 1 aromatic carbocycles. The van der Waals surface area contributed by atoms with Gasteiger partial charge >= 0.3 is 0 Å². The summed E-state index contributed by atoms with van der Waals surface area (Å²) in [5, 5.41) is 11.8. The second kappa shape index (κ2) is 7.17. The van der Waals surface area contributed by atoms with Gasteiger partial charge in [-0.05, 0) is 44.7 Å². The predicted octanol–water partition coefficient (Wildman–Crippen LogP) is 3.63. The second-order valence-electron chi connectivity index (χ2n) is 5.94. The first kappa shape index (κ1) is 16.3. The molecule has 4 nitrogen and oxygen atoms in total. The van der Waals surface area contributed by atoms with Crippen LogP contribution in [0.1, 0.15) is 44.2 Å². The van der Waals surface area contributed by atoms with Crippen LogP contribution in [0.15, 0.2) is 23.4 Å². The van der Waals surface area contributed by atoms with Gasteiger partial charge in [0.2, 0.25) is 0 Å². The molecule has 0 unspecified atom stereocenters. The average Bonchev–Trinajstić information content (AvgIpc) is 2.39. The number of aryl methyl sites for hydroxylation is 2. The third-order valence-electron chi connectivity index (χ3n) is 3.59. The summed E-state index contributed by atoms with van der Waals surface area (Å²) in [5.41, 5.74) is 7.80. The standard InChI is InChI=1S/C16H26N2O2/c1-12-7-8-14(13(2)11-12)20-10-6-5-9-16(3,4)15(17)18-19/h7-8,11,19H,5-6,9-10H2,1-4H3,(H2,17,18). The molecule has 112 valence electrons. The van der Waals surface area contributed by atoms with Gasteiger partial charge in [-0.25, -0.2) is 0 Å². The van der Waals surface area contributed by atoms with Gasteiger partial charge in [0.05, 0.1) is 6.61 Å². The highest BCUT2D eigenvalue weighted by Crippen LogP contribution is 2.24. The van der Waals surface area contributed by atoms with Crippen LogP contribution >= 0.6 is 0 Å². The molecule has 0 amide bonds. The van der Waals surface area contributed by atoms with Crippen molar-refractivity contribution in [2.45, 2.75) is 47.0 Å². The van der Waals surface area contributed by atoms with E-state index in [1.807, 2.05) is 19.9 Å². The third-order valence-corrected chi connectivity index (χ3v) is 3.59. The van der Waals surface area contributed by atoms with Gasteiger partial charge in [0.15, 0.2) is 0 Å². The normalized spacial score (nSPS) is 12.5. The average molecular weight is 278 g/mol. The first-order chi connectivity index (χ1) is 9.36. The summed E-state index contributed by atoms with van der Waals surface area (Å²) in [5.74, 6) is 1.24. The Morgan fingerprint density at radius 1 is 1.30 bits per heavy atom. The number of oxime groups is 1. The van der Waals surface area contributed by atoms with E-state index in [1.54, 1.807) is 0 Å². The Bertz CT molecular complexity index is 468. The van der Waals surface area contributed by atoms with Crippen molar-refractivity contribution < 1.29 is 9.94 Å². The highest BCUT2D eigenvalue weighted by atomic mass is 16.5. The Hall–Kier alpha value is -1.71. The minimum absolute atomic E-state index is 0.269. The van der Waals surface area contributed by atoms with Gasteiger partial charge in [-0.15, -0.1) is 0 Å². The van der Waals surface area contributed by atoms with Gasteiger partial charge in [0.1, 0.15) is 11.6 Å². The van der Waals surface area contributed by atoms with Crippen molar-refractivity contribution in [1.29, 1.82) is 0 Å². The van der Waals surface area contributed by atoms with Crippen LogP contribution < -0.4 is 10.5 Å². The third kappa shape index (κ3) is 4.76. The number of rotatable bonds is 7. The van der Waals surface area contributed by atoms with E-state index in [9.17, 15) is 0 Å². The molecule has 0 bridgehead atoms. The van der Waals surface area contributed by atoms with Crippen molar-refractivity contribution in [2.24, 2.45) is 16.3 Å². The van der Waals surface area contributed by atoms with Crippen molar-refractivity contribution in [1.82, 2.24) is 0 Å². The number of nitrogens with two attached hydrogens (primary N) is 1. The summed E-state index contributed by atoms with van der Waals surface area (Å²) in [6, 6.07) is 6.20. The van der Waals surface area contributed by atoms with Crippen molar-refractivity contribution in [3.05, 3.63) is 29.3 Å². The molecule has 0 spiro atoms. The fourth-order valence-corrected chi connectivity index (χ4v) is 2.08. The molecule has 1 aromatic rings. The molecule has 0 aliphatic rings. The Labute approximate surface area is 121 Å². The Morgan fingerprint density at radius 2 is 2.00 bits per heavy atom. The second-order valence-corrected chi connectivity index (χ2v) is 5.94. The monoisotopic (exact) mass is 278 g/mol. The zero-order valence-electron chi connectivity index (χ0n) is 12.9. The number of hydrogen-bond acceptors (Lipinski definition) is 3. The van der Waals surface area contributed by atoms with Crippen LogP contribution in [0.5, 0.6) is 5.75 Å². The maximum Gasteiger partial charge on any atom is 0.144 e. The zero-order valence-corrected chi connectivity index (χ0v) is 12.9. The van der Waals surface area contributed by atoms with E-state index in [1.165, 1.54) is 11.1 Å². The van der Waals surface area contributed by atoms with Crippen LogP contribution in [-0.4, -0.2) is 17.6 Å². The molecule has 0 aliphatic heterocycles. The summed E-state index contributed by atoms with van der Waals surface area (Å²) < 4.78 is 5.78. The summed E-state index contributed by atoms with van der Waals surface area (Å²) in [7, 11) is 0. The number of ether oxygens (including phenoxy) is 1.